The molecule has 1 aliphatic rings. The van der Waals surface area contributed by atoms with Gasteiger partial charge in [0, 0.05) is 11.6 Å². The zero-order chi connectivity index (χ0) is 12.5. The van der Waals surface area contributed by atoms with Crippen LogP contribution in [0.5, 0.6) is 0 Å². The van der Waals surface area contributed by atoms with Gasteiger partial charge in [-0.2, -0.15) is 0 Å². The minimum atomic E-state index is 0.740. The molecule has 0 fully saturated rings. The maximum absolute atomic E-state index is 5.99. The molecule has 94 valence electrons. The number of nitrogens with one attached hydrogen (secondary N) is 1. The highest BCUT2D eigenvalue weighted by Gasteiger charge is 2.08. The van der Waals surface area contributed by atoms with E-state index in [0.717, 1.165) is 33.8 Å². The fraction of sp³-hybridized carbons (Fsp3) is 0.357. The largest absolute Gasteiger partial charge is 0.331 e. The summed E-state index contributed by atoms with van der Waals surface area (Å²) < 4.78 is 2.95. The van der Waals surface area contributed by atoms with Gasteiger partial charge in [0.05, 0.1) is 11.0 Å². The number of benzene rings is 1. The number of aromatic amines is 1. The average Bonchev–Trinajstić information content (AvgIpc) is 2.93. The average molecular weight is 279 g/mol. The molecule has 4 heteroatoms. The highest BCUT2D eigenvalue weighted by Crippen LogP contribution is 2.23. The first-order chi connectivity index (χ1) is 8.74. The van der Waals surface area contributed by atoms with E-state index in [1.54, 1.807) is 5.57 Å². The molecule has 0 spiro atoms. The van der Waals surface area contributed by atoms with Crippen molar-refractivity contribution in [2.45, 2.75) is 32.2 Å². The van der Waals surface area contributed by atoms with E-state index in [1.165, 1.54) is 19.3 Å². The van der Waals surface area contributed by atoms with Crippen molar-refractivity contribution in [2.24, 2.45) is 0 Å². The molecule has 0 aliphatic heterocycles. The first-order valence-corrected chi connectivity index (χ1v) is 7.08. The molecule has 0 radical (unpaired) electrons. The Morgan fingerprint density at radius 2 is 2.28 bits per heavy atom. The van der Waals surface area contributed by atoms with Gasteiger partial charge in [-0.05, 0) is 56.1 Å². The van der Waals surface area contributed by atoms with Gasteiger partial charge in [-0.25, -0.2) is 0 Å². The third kappa shape index (κ3) is 2.25. The van der Waals surface area contributed by atoms with Crippen LogP contribution in [0.2, 0.25) is 5.02 Å². The third-order valence-electron chi connectivity index (χ3n) is 3.53. The van der Waals surface area contributed by atoms with Gasteiger partial charge in [0.25, 0.3) is 0 Å². The van der Waals surface area contributed by atoms with E-state index in [9.17, 15) is 0 Å². The summed E-state index contributed by atoms with van der Waals surface area (Å²) in [5.41, 5.74) is 3.73. The van der Waals surface area contributed by atoms with E-state index in [1.807, 2.05) is 18.2 Å². The Hall–Kier alpha value is -1.06. The maximum atomic E-state index is 5.99. The summed E-state index contributed by atoms with van der Waals surface area (Å²) in [5.74, 6) is 0. The molecule has 2 nitrogen and oxygen atoms in total. The lowest BCUT2D eigenvalue weighted by molar-refractivity contribution is 0.688. The van der Waals surface area contributed by atoms with Crippen LogP contribution >= 0.6 is 23.8 Å². The monoisotopic (exact) mass is 278 g/mol. The fourth-order valence-corrected chi connectivity index (χ4v) is 3.05. The number of hydrogen-bond acceptors (Lipinski definition) is 1. The Morgan fingerprint density at radius 1 is 1.39 bits per heavy atom. The number of halogens is 1. The molecule has 1 aliphatic carbocycles. The minimum Gasteiger partial charge on any atom is -0.331 e. The topological polar surface area (TPSA) is 20.7 Å². The van der Waals surface area contributed by atoms with Crippen LogP contribution < -0.4 is 0 Å². The van der Waals surface area contributed by atoms with Crippen LogP contribution in [-0.4, -0.2) is 9.55 Å². The van der Waals surface area contributed by atoms with Gasteiger partial charge in [-0.15, -0.1) is 0 Å². The molecule has 2 aromatic rings. The third-order valence-corrected chi connectivity index (χ3v) is 4.09. The van der Waals surface area contributed by atoms with Crippen LogP contribution in [0.25, 0.3) is 11.0 Å². The number of nitrogens with zero attached hydrogens (tertiary/aromatic N) is 1. The molecule has 1 heterocycles. The van der Waals surface area contributed by atoms with E-state index >= 15 is 0 Å². The maximum Gasteiger partial charge on any atom is 0.178 e. The molecular weight excluding hydrogens is 264 g/mol. The highest BCUT2D eigenvalue weighted by atomic mass is 35.5. The number of allylic oxidation sites excluding steroid dienone is 2. The Kier molecular flexibility index (Phi) is 3.27. The summed E-state index contributed by atoms with van der Waals surface area (Å²) in [7, 11) is 0. The molecule has 0 atom stereocenters. The molecule has 0 amide bonds. The number of aryl methyl sites for hydroxylation is 1. The lowest BCUT2D eigenvalue weighted by atomic mass is 10.1. The van der Waals surface area contributed by atoms with Crippen molar-refractivity contribution in [1.29, 1.82) is 0 Å². The number of fused-ring (bicyclic) bond motifs is 1. The fourth-order valence-electron chi connectivity index (χ4n) is 2.58. The van der Waals surface area contributed by atoms with E-state index < -0.39 is 0 Å². The highest BCUT2D eigenvalue weighted by molar-refractivity contribution is 7.71. The van der Waals surface area contributed by atoms with Gasteiger partial charge in [0.2, 0.25) is 0 Å². The van der Waals surface area contributed by atoms with Gasteiger partial charge < -0.3 is 9.55 Å². The zero-order valence-corrected chi connectivity index (χ0v) is 11.7. The number of hydrogen-bond donors (Lipinski definition) is 1. The lowest BCUT2D eigenvalue weighted by Gasteiger charge is -2.05. The summed E-state index contributed by atoms with van der Waals surface area (Å²) in [4.78, 5) is 3.22. The van der Waals surface area contributed by atoms with Gasteiger partial charge in [-0.1, -0.05) is 23.3 Å². The molecule has 1 aromatic heterocycles. The van der Waals surface area contributed by atoms with Gasteiger partial charge in [-0.3, -0.25) is 0 Å². The summed E-state index contributed by atoms with van der Waals surface area (Å²) in [6.45, 7) is 0.951. The number of H-pyrrole nitrogens is 1. The zero-order valence-electron chi connectivity index (χ0n) is 10.1. The van der Waals surface area contributed by atoms with Crippen molar-refractivity contribution in [3.8, 4) is 0 Å². The van der Waals surface area contributed by atoms with Crippen LogP contribution in [0.3, 0.4) is 0 Å². The minimum absolute atomic E-state index is 0.740. The number of rotatable bonds is 3. The molecular formula is C14H15ClN2S. The van der Waals surface area contributed by atoms with Crippen molar-refractivity contribution in [3.63, 3.8) is 0 Å². The second-order valence-electron chi connectivity index (χ2n) is 4.75. The van der Waals surface area contributed by atoms with Crippen molar-refractivity contribution in [3.05, 3.63) is 39.6 Å². The van der Waals surface area contributed by atoms with E-state index in [-0.39, 0.29) is 0 Å². The summed E-state index contributed by atoms with van der Waals surface area (Å²) in [6.07, 6.45) is 7.27. The van der Waals surface area contributed by atoms with E-state index in [4.69, 9.17) is 23.8 Å². The number of aromatic nitrogens is 2. The van der Waals surface area contributed by atoms with E-state index in [2.05, 4.69) is 15.6 Å². The van der Waals surface area contributed by atoms with Crippen molar-refractivity contribution in [2.75, 3.05) is 0 Å². The van der Waals surface area contributed by atoms with Crippen LogP contribution in [0.15, 0.2) is 29.8 Å². The van der Waals surface area contributed by atoms with Crippen LogP contribution in [0, 0.1) is 4.77 Å². The second kappa shape index (κ2) is 4.90. The van der Waals surface area contributed by atoms with Gasteiger partial charge >= 0.3 is 0 Å². The molecule has 1 N–H and O–H groups in total. The SMILES string of the molecule is S=c1[nH]c2cc(Cl)ccc2n1CCC1=CCCC1. The Balaban J connectivity index is 1.91. The normalized spacial score (nSPS) is 15.3. The quantitative estimate of drug-likeness (QED) is 0.628. The Labute approximate surface area is 116 Å². The smallest absolute Gasteiger partial charge is 0.178 e. The van der Waals surface area contributed by atoms with E-state index in [0.29, 0.717) is 0 Å². The Morgan fingerprint density at radius 3 is 3.06 bits per heavy atom. The summed E-state index contributed by atoms with van der Waals surface area (Å²) in [5, 5.41) is 0.740. The van der Waals surface area contributed by atoms with Crippen LogP contribution in [-0.2, 0) is 6.54 Å². The lowest BCUT2D eigenvalue weighted by Crippen LogP contribution is -1.98. The van der Waals surface area contributed by atoms with Crippen molar-refractivity contribution >= 4 is 34.9 Å². The molecule has 0 unspecified atom stereocenters. The van der Waals surface area contributed by atoms with Gasteiger partial charge in [0.15, 0.2) is 4.77 Å². The molecule has 0 bridgehead atoms. The van der Waals surface area contributed by atoms with Gasteiger partial charge in [0.1, 0.15) is 0 Å². The van der Waals surface area contributed by atoms with Crippen molar-refractivity contribution < 1.29 is 0 Å². The molecule has 3 rings (SSSR count). The Bertz CT molecular complexity index is 666. The molecule has 0 saturated heterocycles. The van der Waals surface area contributed by atoms with Crippen LogP contribution in [0.1, 0.15) is 25.7 Å². The first kappa shape index (κ1) is 12.0. The molecule has 18 heavy (non-hydrogen) atoms. The summed E-state index contributed by atoms with van der Waals surface area (Å²) >= 11 is 11.4. The standard InChI is InChI=1S/C14H15ClN2S/c15-11-5-6-13-12(9-11)16-14(18)17(13)8-7-10-3-1-2-4-10/h3,5-6,9H,1-2,4,7-8H2,(H,16,18). The van der Waals surface area contributed by atoms with Crippen molar-refractivity contribution in [1.82, 2.24) is 9.55 Å². The summed E-state index contributed by atoms with van der Waals surface area (Å²) in [6, 6.07) is 5.88. The predicted molar refractivity (Wildman–Crippen MR) is 78.7 cm³/mol. The second-order valence-corrected chi connectivity index (χ2v) is 5.57. The molecule has 1 aromatic carbocycles. The predicted octanol–water partition coefficient (Wildman–Crippen LogP) is 4.85. The van der Waals surface area contributed by atoms with Crippen LogP contribution in [0.4, 0.5) is 0 Å². The first-order valence-electron chi connectivity index (χ1n) is 6.30. The molecule has 0 saturated carbocycles. The number of imidazole rings is 1.